The van der Waals surface area contributed by atoms with Crippen molar-refractivity contribution in [3.63, 3.8) is 0 Å². The molecule has 8 heteroatoms. The van der Waals surface area contributed by atoms with E-state index in [1.165, 1.54) is 0 Å². The minimum Gasteiger partial charge on any atom is -0.484 e. The zero-order valence-corrected chi connectivity index (χ0v) is 17.3. The monoisotopic (exact) mass is 414 g/mol. The van der Waals surface area contributed by atoms with Crippen LogP contribution in [0.15, 0.2) is 42.5 Å². The molecule has 0 saturated heterocycles. The second-order valence-electron chi connectivity index (χ2n) is 6.58. The molecule has 2 amide bonds. The quantitative estimate of drug-likeness (QED) is 0.483. The molecule has 0 bridgehead atoms. The van der Waals surface area contributed by atoms with Crippen molar-refractivity contribution in [3.8, 4) is 11.5 Å². The van der Waals surface area contributed by atoms with Crippen molar-refractivity contribution in [2.75, 3.05) is 19.8 Å². The zero-order valence-electron chi connectivity index (χ0n) is 17.3. The van der Waals surface area contributed by atoms with Crippen LogP contribution in [0.25, 0.3) is 0 Å². The second kappa shape index (κ2) is 11.5. The number of hydrazine groups is 1. The van der Waals surface area contributed by atoms with Crippen LogP contribution in [0.4, 0.5) is 0 Å². The topological polar surface area (TPSA) is 103 Å². The van der Waals surface area contributed by atoms with Gasteiger partial charge in [0.25, 0.3) is 11.8 Å². The maximum Gasteiger partial charge on any atom is 0.338 e. The molecular weight excluding hydrogens is 388 g/mol. The van der Waals surface area contributed by atoms with Crippen molar-refractivity contribution in [1.29, 1.82) is 0 Å². The molecule has 2 N–H and O–H groups in total. The van der Waals surface area contributed by atoms with E-state index < -0.39 is 17.8 Å². The van der Waals surface area contributed by atoms with Crippen LogP contribution in [0.3, 0.4) is 0 Å². The Kier molecular flexibility index (Phi) is 8.68. The van der Waals surface area contributed by atoms with Crippen LogP contribution >= 0.6 is 0 Å². The Morgan fingerprint density at radius 3 is 1.93 bits per heavy atom. The molecule has 0 spiro atoms. The molecule has 0 aliphatic rings. The first kappa shape index (κ1) is 22.7. The molecular formula is C22H26N2O6. The SMILES string of the molecule is CCCOC(=O)c1ccc(OCC(=O)NNC(=O)COc2ccc(C)c(C)c2)cc1. The largest absolute Gasteiger partial charge is 0.484 e. The molecule has 0 fully saturated rings. The molecule has 2 aromatic rings. The van der Waals surface area contributed by atoms with Crippen molar-refractivity contribution in [3.05, 3.63) is 59.2 Å². The fourth-order valence-corrected chi connectivity index (χ4v) is 2.28. The maximum absolute atomic E-state index is 11.8. The van der Waals surface area contributed by atoms with Gasteiger partial charge in [0, 0.05) is 0 Å². The van der Waals surface area contributed by atoms with Crippen LogP contribution in [0.2, 0.25) is 0 Å². The third kappa shape index (κ3) is 7.46. The van der Waals surface area contributed by atoms with Gasteiger partial charge >= 0.3 is 5.97 Å². The lowest BCUT2D eigenvalue weighted by molar-refractivity contribution is -0.131. The number of amides is 2. The molecule has 0 heterocycles. The van der Waals surface area contributed by atoms with Crippen molar-refractivity contribution >= 4 is 17.8 Å². The molecule has 0 saturated carbocycles. The van der Waals surface area contributed by atoms with Crippen LogP contribution in [-0.2, 0) is 14.3 Å². The molecule has 8 nitrogen and oxygen atoms in total. The summed E-state index contributed by atoms with van der Waals surface area (Å²) in [5.41, 5.74) is 7.09. The summed E-state index contributed by atoms with van der Waals surface area (Å²) in [7, 11) is 0. The number of aryl methyl sites for hydroxylation is 2. The van der Waals surface area contributed by atoms with Gasteiger partial charge in [-0.15, -0.1) is 0 Å². The molecule has 2 rings (SSSR count). The van der Waals surface area contributed by atoms with Crippen LogP contribution in [0, 0.1) is 13.8 Å². The van der Waals surface area contributed by atoms with Crippen molar-refractivity contribution < 1.29 is 28.6 Å². The molecule has 0 aliphatic carbocycles. The Morgan fingerprint density at radius 1 is 0.800 bits per heavy atom. The van der Waals surface area contributed by atoms with Gasteiger partial charge in [0.05, 0.1) is 12.2 Å². The van der Waals surface area contributed by atoms with E-state index in [1.54, 1.807) is 30.3 Å². The highest BCUT2D eigenvalue weighted by Crippen LogP contribution is 2.16. The zero-order chi connectivity index (χ0) is 21.9. The van der Waals surface area contributed by atoms with Crippen molar-refractivity contribution in [1.82, 2.24) is 10.9 Å². The highest BCUT2D eigenvalue weighted by atomic mass is 16.5. The molecule has 0 aliphatic heterocycles. The van der Waals surface area contributed by atoms with E-state index in [0.717, 1.165) is 17.5 Å². The first-order chi connectivity index (χ1) is 14.4. The van der Waals surface area contributed by atoms with E-state index in [0.29, 0.717) is 23.7 Å². The van der Waals surface area contributed by atoms with E-state index in [-0.39, 0.29) is 13.2 Å². The fourth-order valence-electron chi connectivity index (χ4n) is 2.28. The van der Waals surface area contributed by atoms with Gasteiger partial charge < -0.3 is 14.2 Å². The molecule has 0 atom stereocenters. The minimum absolute atomic E-state index is 0.237. The second-order valence-corrected chi connectivity index (χ2v) is 6.58. The summed E-state index contributed by atoms with van der Waals surface area (Å²) in [6.45, 7) is 5.67. The summed E-state index contributed by atoms with van der Waals surface area (Å²) in [6.07, 6.45) is 0.746. The number of hydrogen-bond donors (Lipinski definition) is 2. The Hall–Kier alpha value is -3.55. The lowest BCUT2D eigenvalue weighted by atomic mass is 10.1. The number of benzene rings is 2. The molecule has 2 aromatic carbocycles. The van der Waals surface area contributed by atoms with Gasteiger partial charge in [0.1, 0.15) is 11.5 Å². The Morgan fingerprint density at radius 2 is 1.37 bits per heavy atom. The van der Waals surface area contributed by atoms with E-state index in [2.05, 4.69) is 10.9 Å². The normalized spacial score (nSPS) is 10.1. The summed E-state index contributed by atoms with van der Waals surface area (Å²) in [5, 5.41) is 0. The lowest BCUT2D eigenvalue weighted by Crippen LogP contribution is -2.45. The lowest BCUT2D eigenvalue weighted by Gasteiger charge is -2.11. The number of nitrogens with one attached hydrogen (secondary N) is 2. The predicted octanol–water partition coefficient (Wildman–Crippen LogP) is 2.48. The molecule has 30 heavy (non-hydrogen) atoms. The van der Waals surface area contributed by atoms with Gasteiger partial charge in [0.15, 0.2) is 13.2 Å². The first-order valence-corrected chi connectivity index (χ1v) is 9.56. The van der Waals surface area contributed by atoms with Crippen molar-refractivity contribution in [2.24, 2.45) is 0 Å². The highest BCUT2D eigenvalue weighted by Gasteiger charge is 2.09. The highest BCUT2D eigenvalue weighted by molar-refractivity contribution is 5.89. The van der Waals surface area contributed by atoms with Crippen molar-refractivity contribution in [2.45, 2.75) is 27.2 Å². The number of carbonyl (C=O) groups is 3. The predicted molar refractivity (Wildman–Crippen MR) is 110 cm³/mol. The smallest absolute Gasteiger partial charge is 0.338 e. The third-order valence-corrected chi connectivity index (χ3v) is 4.09. The first-order valence-electron chi connectivity index (χ1n) is 9.56. The van der Waals surface area contributed by atoms with Gasteiger partial charge in [-0.2, -0.15) is 0 Å². The number of carbonyl (C=O) groups excluding carboxylic acids is 3. The summed E-state index contributed by atoms with van der Waals surface area (Å²) >= 11 is 0. The minimum atomic E-state index is -0.541. The molecule has 0 aromatic heterocycles. The average molecular weight is 414 g/mol. The van der Waals surface area contributed by atoms with Crippen LogP contribution in [0.1, 0.15) is 34.8 Å². The van der Waals surface area contributed by atoms with Crippen LogP contribution < -0.4 is 20.3 Å². The number of esters is 1. The van der Waals surface area contributed by atoms with E-state index in [1.807, 2.05) is 32.9 Å². The van der Waals surface area contributed by atoms with E-state index in [9.17, 15) is 14.4 Å². The summed E-state index contributed by atoms with van der Waals surface area (Å²) < 4.78 is 15.7. The maximum atomic E-state index is 11.8. The number of hydrogen-bond acceptors (Lipinski definition) is 6. The van der Waals surface area contributed by atoms with Gasteiger partial charge in [-0.05, 0) is 67.8 Å². The molecule has 0 unspecified atom stereocenters. The van der Waals surface area contributed by atoms with Gasteiger partial charge in [-0.25, -0.2) is 4.79 Å². The summed E-state index contributed by atoms with van der Waals surface area (Å²) in [6, 6.07) is 11.7. The Balaban J connectivity index is 1.68. The average Bonchev–Trinajstić information content (AvgIpc) is 2.75. The van der Waals surface area contributed by atoms with E-state index >= 15 is 0 Å². The Bertz CT molecular complexity index is 880. The Labute approximate surface area is 175 Å². The van der Waals surface area contributed by atoms with Gasteiger partial charge in [-0.1, -0.05) is 13.0 Å². The number of rotatable bonds is 9. The van der Waals surface area contributed by atoms with Crippen LogP contribution in [0.5, 0.6) is 11.5 Å². The fraction of sp³-hybridized carbons (Fsp3) is 0.318. The van der Waals surface area contributed by atoms with Gasteiger partial charge in [-0.3, -0.25) is 20.4 Å². The number of ether oxygens (including phenoxy) is 3. The third-order valence-electron chi connectivity index (χ3n) is 4.09. The van der Waals surface area contributed by atoms with E-state index in [4.69, 9.17) is 14.2 Å². The molecule has 0 radical (unpaired) electrons. The standard InChI is InChI=1S/C22H26N2O6/c1-4-11-28-22(27)17-6-9-18(10-7-17)29-13-20(25)23-24-21(26)14-30-19-8-5-15(2)16(3)12-19/h5-10,12H,4,11,13-14H2,1-3H3,(H,23,25)(H,24,26). The molecule has 160 valence electrons. The summed E-state index contributed by atoms with van der Waals surface area (Å²) in [4.78, 5) is 35.3. The van der Waals surface area contributed by atoms with Crippen LogP contribution in [-0.4, -0.2) is 37.6 Å². The van der Waals surface area contributed by atoms with Gasteiger partial charge in [0.2, 0.25) is 0 Å². The summed E-state index contributed by atoms with van der Waals surface area (Å²) in [5.74, 6) is -0.476.